The molecule has 1 aromatic heterocycles. The van der Waals surface area contributed by atoms with Gasteiger partial charge in [-0.15, -0.1) is 0 Å². The lowest BCUT2D eigenvalue weighted by Gasteiger charge is -2.33. The number of aromatic nitrogens is 2. The van der Waals surface area contributed by atoms with Crippen LogP contribution in [0.3, 0.4) is 0 Å². The van der Waals surface area contributed by atoms with E-state index < -0.39 is 0 Å². The van der Waals surface area contributed by atoms with Gasteiger partial charge in [0.05, 0.1) is 21.3 Å². The van der Waals surface area contributed by atoms with Gasteiger partial charge in [0.1, 0.15) is 0 Å². The maximum Gasteiger partial charge on any atom is 0.258 e. The van der Waals surface area contributed by atoms with Crippen molar-refractivity contribution in [2.45, 2.75) is 6.92 Å². The summed E-state index contributed by atoms with van der Waals surface area (Å²) in [5.41, 5.74) is 0.738. The first kappa shape index (κ1) is 17.9. The van der Waals surface area contributed by atoms with E-state index in [1.807, 2.05) is 0 Å². The molecule has 1 aliphatic heterocycles. The number of likely N-dealkylation sites (N-methyl/N-ethyl adjacent to an activating group) is 1. The Kier molecular flexibility index (Phi) is 5.73. The van der Waals surface area contributed by atoms with Crippen molar-refractivity contribution >= 4 is 40.7 Å². The highest BCUT2D eigenvalue weighted by atomic mass is 35.5. The van der Waals surface area contributed by atoms with E-state index >= 15 is 0 Å². The highest BCUT2D eigenvalue weighted by Gasteiger charge is 2.18. The lowest BCUT2D eigenvalue weighted by Crippen LogP contribution is -2.46. The average Bonchev–Trinajstić information content (AvgIpc) is 2.65. The predicted octanol–water partition coefficient (Wildman–Crippen LogP) is 3.18. The Morgan fingerprint density at radius 1 is 1.12 bits per heavy atom. The quantitative estimate of drug-likeness (QED) is 0.883. The van der Waals surface area contributed by atoms with E-state index in [1.165, 1.54) is 12.4 Å². The van der Waals surface area contributed by atoms with E-state index in [9.17, 15) is 4.79 Å². The molecule has 0 radical (unpaired) electrons. The molecule has 1 amide bonds. The minimum absolute atomic E-state index is 0.350. The number of rotatable bonds is 4. The number of hydrogen-bond acceptors (Lipinski definition) is 5. The Labute approximate surface area is 156 Å². The van der Waals surface area contributed by atoms with Crippen LogP contribution in [0.5, 0.6) is 0 Å². The van der Waals surface area contributed by atoms with Crippen LogP contribution in [0.2, 0.25) is 10.0 Å². The molecule has 0 bridgehead atoms. The minimum Gasteiger partial charge on any atom is -0.338 e. The van der Waals surface area contributed by atoms with Crippen LogP contribution < -0.4 is 10.2 Å². The number of halogens is 2. The van der Waals surface area contributed by atoms with Gasteiger partial charge < -0.3 is 15.1 Å². The van der Waals surface area contributed by atoms with Crippen molar-refractivity contribution in [1.29, 1.82) is 0 Å². The van der Waals surface area contributed by atoms with Crippen molar-refractivity contribution in [3.05, 3.63) is 46.2 Å². The largest absolute Gasteiger partial charge is 0.338 e. The minimum atomic E-state index is -0.350. The third kappa shape index (κ3) is 4.21. The monoisotopic (exact) mass is 379 g/mol. The molecule has 1 aliphatic rings. The van der Waals surface area contributed by atoms with Crippen LogP contribution in [0.25, 0.3) is 0 Å². The molecule has 1 N–H and O–H groups in total. The molecule has 0 saturated carbocycles. The summed E-state index contributed by atoms with van der Waals surface area (Å²) < 4.78 is 0. The number of carbonyl (C=O) groups excluding carboxylic acids is 1. The van der Waals surface area contributed by atoms with Crippen LogP contribution in [0.15, 0.2) is 30.6 Å². The zero-order valence-electron chi connectivity index (χ0n) is 13.9. The lowest BCUT2D eigenvalue weighted by molar-refractivity contribution is 0.102. The second-order valence-electron chi connectivity index (χ2n) is 5.74. The molecule has 25 heavy (non-hydrogen) atoms. The first-order valence-corrected chi connectivity index (χ1v) is 8.88. The fraction of sp³-hybridized carbons (Fsp3) is 0.353. The number of nitrogens with one attached hydrogen (secondary N) is 1. The number of carbonyl (C=O) groups is 1. The molecular formula is C17H19Cl2N5O. The molecular weight excluding hydrogens is 361 g/mol. The van der Waals surface area contributed by atoms with Crippen LogP contribution in [-0.4, -0.2) is 53.5 Å². The van der Waals surface area contributed by atoms with E-state index in [0.717, 1.165) is 32.7 Å². The van der Waals surface area contributed by atoms with Crippen molar-refractivity contribution in [2.75, 3.05) is 42.9 Å². The van der Waals surface area contributed by atoms with Crippen LogP contribution in [-0.2, 0) is 0 Å². The van der Waals surface area contributed by atoms with Crippen LogP contribution in [0, 0.1) is 0 Å². The van der Waals surface area contributed by atoms with Gasteiger partial charge in [-0.25, -0.2) is 9.97 Å². The molecule has 2 heterocycles. The predicted molar refractivity (Wildman–Crippen MR) is 101 cm³/mol. The molecule has 8 heteroatoms. The number of para-hydroxylation sites is 1. The van der Waals surface area contributed by atoms with Crippen molar-refractivity contribution in [1.82, 2.24) is 14.9 Å². The van der Waals surface area contributed by atoms with Crippen molar-refractivity contribution in [3.63, 3.8) is 0 Å². The number of hydrogen-bond donors (Lipinski definition) is 1. The molecule has 0 unspecified atom stereocenters. The molecule has 0 aliphatic carbocycles. The zero-order chi connectivity index (χ0) is 17.8. The summed E-state index contributed by atoms with van der Waals surface area (Å²) in [6.45, 7) is 6.96. The molecule has 0 spiro atoms. The number of anilines is 2. The van der Waals surface area contributed by atoms with E-state index in [0.29, 0.717) is 27.2 Å². The first-order chi connectivity index (χ1) is 12.1. The van der Waals surface area contributed by atoms with E-state index in [4.69, 9.17) is 23.2 Å². The Morgan fingerprint density at radius 2 is 1.72 bits per heavy atom. The van der Waals surface area contributed by atoms with Gasteiger partial charge in [0.25, 0.3) is 5.91 Å². The zero-order valence-corrected chi connectivity index (χ0v) is 15.4. The number of piperazine rings is 1. The van der Waals surface area contributed by atoms with Gasteiger partial charge >= 0.3 is 0 Å². The number of benzene rings is 1. The Morgan fingerprint density at radius 3 is 2.28 bits per heavy atom. The maximum absolute atomic E-state index is 12.4. The van der Waals surface area contributed by atoms with Gasteiger partial charge in [0, 0.05) is 38.6 Å². The van der Waals surface area contributed by atoms with E-state index in [1.54, 1.807) is 18.2 Å². The molecule has 1 aromatic carbocycles. The molecule has 6 nitrogen and oxygen atoms in total. The van der Waals surface area contributed by atoms with Gasteiger partial charge in [-0.1, -0.05) is 36.2 Å². The number of amides is 1. The molecule has 132 valence electrons. The average molecular weight is 380 g/mol. The van der Waals surface area contributed by atoms with Crippen molar-refractivity contribution < 1.29 is 4.79 Å². The summed E-state index contributed by atoms with van der Waals surface area (Å²) in [6, 6.07) is 5.05. The van der Waals surface area contributed by atoms with Gasteiger partial charge in [-0.3, -0.25) is 4.79 Å². The van der Waals surface area contributed by atoms with Crippen molar-refractivity contribution in [2.24, 2.45) is 0 Å². The smallest absolute Gasteiger partial charge is 0.258 e. The highest BCUT2D eigenvalue weighted by molar-refractivity contribution is 6.40. The summed E-state index contributed by atoms with van der Waals surface area (Å²) in [5, 5.41) is 3.47. The van der Waals surface area contributed by atoms with Gasteiger partial charge in [-0.05, 0) is 18.7 Å². The lowest BCUT2D eigenvalue weighted by atomic mass is 10.2. The summed E-state index contributed by atoms with van der Waals surface area (Å²) >= 11 is 12.1. The Hall–Kier alpha value is -1.89. The van der Waals surface area contributed by atoms with Crippen LogP contribution in [0.4, 0.5) is 11.6 Å². The SMILES string of the molecule is CCN1CCN(c2ncc(C(=O)Nc3c(Cl)cccc3Cl)cn2)CC1. The topological polar surface area (TPSA) is 61.4 Å². The molecule has 1 saturated heterocycles. The fourth-order valence-electron chi connectivity index (χ4n) is 2.67. The molecule has 1 fully saturated rings. The second kappa shape index (κ2) is 7.99. The summed E-state index contributed by atoms with van der Waals surface area (Å²) in [7, 11) is 0. The number of nitrogens with zero attached hydrogens (tertiary/aromatic N) is 4. The van der Waals surface area contributed by atoms with Crippen LogP contribution in [0.1, 0.15) is 17.3 Å². The van der Waals surface area contributed by atoms with Gasteiger partial charge in [-0.2, -0.15) is 0 Å². The van der Waals surface area contributed by atoms with Gasteiger partial charge in [0.15, 0.2) is 0 Å². The highest BCUT2D eigenvalue weighted by Crippen LogP contribution is 2.30. The first-order valence-electron chi connectivity index (χ1n) is 8.13. The third-order valence-corrected chi connectivity index (χ3v) is 4.83. The third-order valence-electron chi connectivity index (χ3n) is 4.20. The van der Waals surface area contributed by atoms with Gasteiger partial charge in [0.2, 0.25) is 5.95 Å². The normalized spacial score (nSPS) is 15.2. The Bertz CT molecular complexity index is 725. The molecule has 0 atom stereocenters. The fourth-order valence-corrected chi connectivity index (χ4v) is 3.16. The van der Waals surface area contributed by atoms with Crippen molar-refractivity contribution in [3.8, 4) is 0 Å². The Balaban J connectivity index is 1.67. The summed E-state index contributed by atoms with van der Waals surface area (Å²) in [4.78, 5) is 25.5. The van der Waals surface area contributed by atoms with E-state index in [-0.39, 0.29) is 5.91 Å². The van der Waals surface area contributed by atoms with E-state index in [2.05, 4.69) is 32.0 Å². The molecule has 3 rings (SSSR count). The summed E-state index contributed by atoms with van der Waals surface area (Å²) in [6.07, 6.45) is 3.04. The van der Waals surface area contributed by atoms with Crippen LogP contribution >= 0.6 is 23.2 Å². The standard InChI is InChI=1S/C17H19Cl2N5O/c1-2-23-6-8-24(9-7-23)17-20-10-12(11-21-17)16(25)22-15-13(18)4-3-5-14(15)19/h3-5,10-11H,2,6-9H2,1H3,(H,22,25). The maximum atomic E-state index is 12.4. The second-order valence-corrected chi connectivity index (χ2v) is 6.56. The summed E-state index contributed by atoms with van der Waals surface area (Å²) in [5.74, 6) is 0.292. The molecule has 2 aromatic rings.